The SMILES string of the molecule is c1ccc(-n2c3ccccc3c3cc(-c4nc(-c5ccc6c(c5)sc5ccccc56)nc(-c5ccc6c(c5)[te]c5ccccc56)n4)ccc32)cc1. The third-order valence-electron chi connectivity index (χ3n) is 9.85. The number of para-hydroxylation sites is 2. The molecule has 4 nitrogen and oxygen atoms in total. The van der Waals surface area contributed by atoms with Gasteiger partial charge < -0.3 is 0 Å². The molecule has 0 radical (unpaired) electrons. The van der Waals surface area contributed by atoms with Crippen LogP contribution in [0.4, 0.5) is 0 Å². The molecule has 51 heavy (non-hydrogen) atoms. The van der Waals surface area contributed by atoms with Crippen LogP contribution in [0, 0.1) is 0 Å². The molecule has 238 valence electrons. The average Bonchev–Trinajstić information content (AvgIpc) is 3.86. The third kappa shape index (κ3) is 4.68. The maximum Gasteiger partial charge on any atom is -0.0380 e. The Bertz CT molecular complexity index is 3020. The van der Waals surface area contributed by atoms with Crippen molar-refractivity contribution in [2.45, 2.75) is 0 Å². The minimum atomic E-state index is -0.483. The van der Waals surface area contributed by atoms with Crippen LogP contribution in [0.1, 0.15) is 0 Å². The predicted molar refractivity (Wildman–Crippen MR) is 215 cm³/mol. The predicted octanol–water partition coefficient (Wildman–Crippen LogP) is 11.7. The van der Waals surface area contributed by atoms with Gasteiger partial charge in [0.05, 0.1) is 0 Å². The summed E-state index contributed by atoms with van der Waals surface area (Å²) in [5, 5.41) is 7.64. The Morgan fingerprint density at radius 1 is 0.392 bits per heavy atom. The zero-order chi connectivity index (χ0) is 33.5. The number of hydrogen-bond acceptors (Lipinski definition) is 4. The van der Waals surface area contributed by atoms with Crippen molar-refractivity contribution < 1.29 is 0 Å². The molecule has 0 fully saturated rings. The van der Waals surface area contributed by atoms with Gasteiger partial charge in [-0.15, -0.1) is 0 Å². The van der Waals surface area contributed by atoms with Gasteiger partial charge in [0, 0.05) is 0 Å². The summed E-state index contributed by atoms with van der Waals surface area (Å²) in [4.78, 5) is 15.6. The second-order valence-corrected chi connectivity index (χ2v) is 17.0. The van der Waals surface area contributed by atoms with Crippen molar-refractivity contribution >= 4 is 91.3 Å². The number of benzene rings is 7. The minimum absolute atomic E-state index is 0.483. The number of rotatable bonds is 4. The van der Waals surface area contributed by atoms with Crippen LogP contribution in [0.3, 0.4) is 0 Å². The monoisotopic (exact) mass is 784 g/mol. The van der Waals surface area contributed by atoms with E-state index in [1.165, 1.54) is 54.0 Å². The van der Waals surface area contributed by atoms with Gasteiger partial charge in [-0.05, 0) is 12.1 Å². The van der Waals surface area contributed by atoms with Crippen molar-refractivity contribution in [2.24, 2.45) is 0 Å². The van der Waals surface area contributed by atoms with Crippen molar-refractivity contribution in [3.05, 3.63) is 158 Å². The Hall–Kier alpha value is -5.64. The van der Waals surface area contributed by atoms with Crippen LogP contribution in [0.15, 0.2) is 158 Å². The van der Waals surface area contributed by atoms with Crippen LogP contribution in [-0.4, -0.2) is 40.0 Å². The summed E-state index contributed by atoms with van der Waals surface area (Å²) in [6, 6.07) is 56.6. The third-order valence-corrected chi connectivity index (χ3v) is 14.2. The van der Waals surface area contributed by atoms with E-state index >= 15 is 0 Å². The number of thiophene rings is 1. The summed E-state index contributed by atoms with van der Waals surface area (Å²) < 4.78 is 7.78. The van der Waals surface area contributed by atoms with Gasteiger partial charge in [-0.25, -0.2) is 0 Å². The van der Waals surface area contributed by atoms with E-state index in [1.54, 1.807) is 0 Å². The molecule has 0 aliphatic carbocycles. The molecule has 11 aromatic rings. The molecule has 0 spiro atoms. The fourth-order valence-electron chi connectivity index (χ4n) is 7.46. The van der Waals surface area contributed by atoms with E-state index in [0.717, 1.165) is 27.9 Å². The molecule has 11 rings (SSSR count). The number of nitrogens with zero attached hydrogens (tertiary/aromatic N) is 4. The first-order valence-corrected chi connectivity index (χ1v) is 20.1. The molecule has 6 heteroatoms. The molecule has 0 unspecified atom stereocenters. The quantitative estimate of drug-likeness (QED) is 0.167. The van der Waals surface area contributed by atoms with E-state index in [4.69, 9.17) is 15.0 Å². The second-order valence-electron chi connectivity index (χ2n) is 12.8. The van der Waals surface area contributed by atoms with Gasteiger partial charge in [-0.3, -0.25) is 0 Å². The molecule has 0 bridgehead atoms. The normalized spacial score (nSPS) is 11.9. The molecule has 0 aliphatic rings. The van der Waals surface area contributed by atoms with Crippen molar-refractivity contribution in [1.29, 1.82) is 0 Å². The largest absolute Gasteiger partial charge is 0.0602 e. The molecular formula is C45H26N4STe. The van der Waals surface area contributed by atoms with E-state index < -0.39 is 20.4 Å². The van der Waals surface area contributed by atoms with Gasteiger partial charge in [0.1, 0.15) is 0 Å². The van der Waals surface area contributed by atoms with Crippen molar-refractivity contribution in [3.63, 3.8) is 0 Å². The smallest absolute Gasteiger partial charge is 0.0380 e. The van der Waals surface area contributed by atoms with E-state index in [1.807, 2.05) is 11.3 Å². The van der Waals surface area contributed by atoms with Crippen molar-refractivity contribution in [3.8, 4) is 39.9 Å². The van der Waals surface area contributed by atoms with Crippen LogP contribution in [0.25, 0.3) is 99.4 Å². The van der Waals surface area contributed by atoms with Gasteiger partial charge in [-0.2, -0.15) is 0 Å². The van der Waals surface area contributed by atoms with Gasteiger partial charge >= 0.3 is 260 Å². The Kier molecular flexibility index (Phi) is 6.54. The fraction of sp³-hybridized carbons (Fsp3) is 0. The van der Waals surface area contributed by atoms with Crippen LogP contribution in [0.5, 0.6) is 0 Å². The zero-order valence-corrected chi connectivity index (χ0v) is 30.3. The van der Waals surface area contributed by atoms with Crippen LogP contribution >= 0.6 is 11.3 Å². The Labute approximate surface area is 306 Å². The van der Waals surface area contributed by atoms with Crippen molar-refractivity contribution in [1.82, 2.24) is 19.5 Å². The first-order chi connectivity index (χ1) is 25.2. The summed E-state index contributed by atoms with van der Waals surface area (Å²) in [5.41, 5.74) is 6.45. The van der Waals surface area contributed by atoms with E-state index in [-0.39, 0.29) is 0 Å². The summed E-state index contributed by atoms with van der Waals surface area (Å²) in [6.45, 7) is 0. The number of fused-ring (bicyclic) bond motifs is 9. The van der Waals surface area contributed by atoms with Crippen LogP contribution in [0.2, 0.25) is 0 Å². The summed E-state index contributed by atoms with van der Waals surface area (Å²) in [7, 11) is 0. The molecule has 0 atom stereocenters. The van der Waals surface area contributed by atoms with Gasteiger partial charge in [-0.1, -0.05) is 36.4 Å². The Morgan fingerprint density at radius 3 is 1.78 bits per heavy atom. The average molecular weight is 782 g/mol. The Balaban J connectivity index is 1.13. The minimum Gasteiger partial charge on any atom is -0.0602 e. The fourth-order valence-corrected chi connectivity index (χ4v) is 11.9. The van der Waals surface area contributed by atoms with Crippen LogP contribution < -0.4 is 0 Å². The summed E-state index contributed by atoms with van der Waals surface area (Å²) in [5.74, 6) is 2.05. The Morgan fingerprint density at radius 2 is 0.961 bits per heavy atom. The zero-order valence-electron chi connectivity index (χ0n) is 27.1. The van der Waals surface area contributed by atoms with Crippen molar-refractivity contribution in [2.75, 3.05) is 0 Å². The molecular weight excluding hydrogens is 756 g/mol. The summed E-state index contributed by atoms with van der Waals surface area (Å²) >= 11 is 1.33. The van der Waals surface area contributed by atoms with Gasteiger partial charge in [0.25, 0.3) is 0 Å². The first-order valence-electron chi connectivity index (χ1n) is 16.9. The van der Waals surface area contributed by atoms with Gasteiger partial charge in [0.2, 0.25) is 0 Å². The second kappa shape index (κ2) is 11.4. The molecule has 0 saturated heterocycles. The molecule has 0 amide bonds. The first kappa shape index (κ1) is 29.1. The van der Waals surface area contributed by atoms with E-state index in [9.17, 15) is 0 Å². The maximum absolute atomic E-state index is 5.21. The molecule has 0 aliphatic heterocycles. The number of aromatic nitrogens is 4. The van der Waals surface area contributed by atoms with Gasteiger partial charge in [0.15, 0.2) is 0 Å². The standard InChI is InChI=1S/C45H26N4STe/c1-2-10-30(11-3-1)49-37-15-7-4-12-31(37)36-24-27(20-23-38(36)49)43-46-44(28-18-21-33-32-13-5-8-16-39(32)50-40(33)25-28)48-45(47-43)29-19-22-35-34-14-6-9-17-41(34)51-42(35)26-29/h1-26H. The molecule has 4 aromatic heterocycles. The topological polar surface area (TPSA) is 43.6 Å². The van der Waals surface area contributed by atoms with Crippen LogP contribution in [-0.2, 0) is 0 Å². The van der Waals surface area contributed by atoms with E-state index in [0.29, 0.717) is 17.5 Å². The molecule has 7 aromatic carbocycles. The van der Waals surface area contributed by atoms with E-state index in [2.05, 4.69) is 162 Å². The number of hydrogen-bond donors (Lipinski definition) is 0. The molecule has 0 N–H and O–H groups in total. The molecule has 0 saturated carbocycles. The maximum atomic E-state index is 5.21. The summed E-state index contributed by atoms with van der Waals surface area (Å²) in [6.07, 6.45) is 0. The molecule has 4 heterocycles.